The SMILES string of the molecule is CCOc1ccc(C(=O)Nc2ccc(N3CCCCC3=O)c(C)c2)cc1. The Morgan fingerprint density at radius 3 is 2.58 bits per heavy atom. The lowest BCUT2D eigenvalue weighted by atomic mass is 10.1. The summed E-state index contributed by atoms with van der Waals surface area (Å²) in [6.07, 6.45) is 2.60. The van der Waals surface area contributed by atoms with Crippen LogP contribution in [0.3, 0.4) is 0 Å². The molecule has 0 spiro atoms. The van der Waals surface area contributed by atoms with Gasteiger partial charge in [-0.1, -0.05) is 0 Å². The molecule has 26 heavy (non-hydrogen) atoms. The average Bonchev–Trinajstić information content (AvgIpc) is 2.64. The van der Waals surface area contributed by atoms with E-state index >= 15 is 0 Å². The average molecular weight is 352 g/mol. The van der Waals surface area contributed by atoms with Crippen molar-refractivity contribution in [1.82, 2.24) is 0 Å². The van der Waals surface area contributed by atoms with Gasteiger partial charge in [-0.25, -0.2) is 0 Å². The lowest BCUT2D eigenvalue weighted by molar-refractivity contribution is -0.119. The standard InChI is InChI=1S/C21H24N2O3/c1-3-26-18-10-7-16(8-11-18)21(25)22-17-9-12-19(15(2)14-17)23-13-5-4-6-20(23)24/h7-12,14H,3-6,13H2,1-2H3,(H,22,25). The molecule has 3 rings (SSSR count). The number of nitrogens with zero attached hydrogens (tertiary/aromatic N) is 1. The molecule has 1 aliphatic heterocycles. The summed E-state index contributed by atoms with van der Waals surface area (Å²) < 4.78 is 5.39. The molecule has 0 atom stereocenters. The molecule has 2 amide bonds. The molecule has 1 heterocycles. The van der Waals surface area contributed by atoms with Gasteiger partial charge >= 0.3 is 0 Å². The van der Waals surface area contributed by atoms with E-state index in [0.717, 1.165) is 42.1 Å². The van der Waals surface area contributed by atoms with Gasteiger partial charge in [0.2, 0.25) is 5.91 Å². The largest absolute Gasteiger partial charge is 0.494 e. The van der Waals surface area contributed by atoms with Crippen molar-refractivity contribution in [2.75, 3.05) is 23.4 Å². The summed E-state index contributed by atoms with van der Waals surface area (Å²) in [5.74, 6) is 0.746. The molecule has 5 heteroatoms. The van der Waals surface area contributed by atoms with Crippen LogP contribution in [0.4, 0.5) is 11.4 Å². The molecule has 1 aliphatic rings. The zero-order valence-electron chi connectivity index (χ0n) is 15.2. The summed E-state index contributed by atoms with van der Waals surface area (Å²) in [5.41, 5.74) is 3.19. The quantitative estimate of drug-likeness (QED) is 0.879. The van der Waals surface area contributed by atoms with E-state index in [1.165, 1.54) is 0 Å². The van der Waals surface area contributed by atoms with Gasteiger partial charge in [-0.05, 0) is 74.7 Å². The first-order valence-corrected chi connectivity index (χ1v) is 9.03. The Labute approximate surface area is 154 Å². The van der Waals surface area contributed by atoms with Gasteiger partial charge in [0.05, 0.1) is 6.61 Å². The molecule has 0 aromatic heterocycles. The minimum Gasteiger partial charge on any atom is -0.494 e. The fourth-order valence-electron chi connectivity index (χ4n) is 3.17. The van der Waals surface area contributed by atoms with Crippen LogP contribution in [0.2, 0.25) is 0 Å². The number of rotatable bonds is 5. The Morgan fingerprint density at radius 1 is 1.15 bits per heavy atom. The van der Waals surface area contributed by atoms with Gasteiger partial charge in [0.25, 0.3) is 5.91 Å². The molecule has 2 aromatic carbocycles. The normalized spacial score (nSPS) is 14.2. The summed E-state index contributed by atoms with van der Waals surface area (Å²) in [6.45, 7) is 5.24. The second kappa shape index (κ2) is 8.04. The van der Waals surface area contributed by atoms with Crippen molar-refractivity contribution < 1.29 is 14.3 Å². The summed E-state index contributed by atoms with van der Waals surface area (Å²) in [4.78, 5) is 26.4. The molecule has 2 aromatic rings. The van der Waals surface area contributed by atoms with E-state index in [0.29, 0.717) is 18.6 Å². The van der Waals surface area contributed by atoms with Crippen LogP contribution in [-0.4, -0.2) is 25.0 Å². The number of hydrogen-bond acceptors (Lipinski definition) is 3. The van der Waals surface area contributed by atoms with Gasteiger partial charge in [-0.2, -0.15) is 0 Å². The highest BCUT2D eigenvalue weighted by Gasteiger charge is 2.21. The van der Waals surface area contributed by atoms with Gasteiger partial charge < -0.3 is 15.0 Å². The highest BCUT2D eigenvalue weighted by atomic mass is 16.5. The van der Waals surface area contributed by atoms with E-state index in [9.17, 15) is 9.59 Å². The first-order chi connectivity index (χ1) is 12.6. The van der Waals surface area contributed by atoms with Crippen LogP contribution in [0, 0.1) is 6.92 Å². The zero-order valence-corrected chi connectivity index (χ0v) is 15.2. The van der Waals surface area contributed by atoms with Crippen LogP contribution in [0.25, 0.3) is 0 Å². The molecular weight excluding hydrogens is 328 g/mol. The molecule has 1 N–H and O–H groups in total. The molecular formula is C21H24N2O3. The molecule has 0 bridgehead atoms. The summed E-state index contributed by atoms with van der Waals surface area (Å²) in [5, 5.41) is 2.91. The zero-order chi connectivity index (χ0) is 18.5. The van der Waals surface area contributed by atoms with Crippen LogP contribution in [0.1, 0.15) is 42.1 Å². The van der Waals surface area contributed by atoms with Crippen molar-refractivity contribution in [2.24, 2.45) is 0 Å². The van der Waals surface area contributed by atoms with Crippen molar-refractivity contribution in [1.29, 1.82) is 0 Å². The highest BCUT2D eigenvalue weighted by Crippen LogP contribution is 2.27. The monoisotopic (exact) mass is 352 g/mol. The molecule has 0 aliphatic carbocycles. The minimum atomic E-state index is -0.172. The molecule has 136 valence electrons. The first kappa shape index (κ1) is 18.0. The number of benzene rings is 2. The second-order valence-corrected chi connectivity index (χ2v) is 6.42. The predicted octanol–water partition coefficient (Wildman–Crippen LogP) is 4.16. The first-order valence-electron chi connectivity index (χ1n) is 9.03. The Bertz CT molecular complexity index is 799. The smallest absolute Gasteiger partial charge is 0.255 e. The third kappa shape index (κ3) is 4.04. The van der Waals surface area contributed by atoms with Crippen LogP contribution >= 0.6 is 0 Å². The Kier molecular flexibility index (Phi) is 5.56. The number of hydrogen-bond donors (Lipinski definition) is 1. The molecule has 1 saturated heterocycles. The Hall–Kier alpha value is -2.82. The van der Waals surface area contributed by atoms with E-state index in [1.54, 1.807) is 24.3 Å². The maximum Gasteiger partial charge on any atom is 0.255 e. The number of carbonyl (C=O) groups excluding carboxylic acids is 2. The summed E-state index contributed by atoms with van der Waals surface area (Å²) >= 11 is 0. The maximum atomic E-state index is 12.4. The Balaban J connectivity index is 1.70. The van der Waals surface area contributed by atoms with Gasteiger partial charge in [-0.15, -0.1) is 0 Å². The topological polar surface area (TPSA) is 58.6 Å². The maximum absolute atomic E-state index is 12.4. The minimum absolute atomic E-state index is 0.172. The lowest BCUT2D eigenvalue weighted by Crippen LogP contribution is -2.35. The van der Waals surface area contributed by atoms with E-state index in [-0.39, 0.29) is 11.8 Å². The van der Waals surface area contributed by atoms with Crippen molar-refractivity contribution in [3.05, 3.63) is 53.6 Å². The summed E-state index contributed by atoms with van der Waals surface area (Å²) in [7, 11) is 0. The van der Waals surface area contributed by atoms with E-state index < -0.39 is 0 Å². The van der Waals surface area contributed by atoms with Gasteiger partial charge in [0, 0.05) is 29.9 Å². The van der Waals surface area contributed by atoms with Gasteiger partial charge in [-0.3, -0.25) is 9.59 Å². The van der Waals surface area contributed by atoms with Crippen LogP contribution in [0.15, 0.2) is 42.5 Å². The van der Waals surface area contributed by atoms with Crippen molar-refractivity contribution >= 4 is 23.2 Å². The molecule has 1 fully saturated rings. The molecule has 0 radical (unpaired) electrons. The van der Waals surface area contributed by atoms with Crippen molar-refractivity contribution in [3.8, 4) is 5.75 Å². The molecule has 0 saturated carbocycles. The van der Waals surface area contributed by atoms with E-state index in [2.05, 4.69) is 5.32 Å². The van der Waals surface area contributed by atoms with Crippen molar-refractivity contribution in [3.63, 3.8) is 0 Å². The molecule has 5 nitrogen and oxygen atoms in total. The van der Waals surface area contributed by atoms with Gasteiger partial charge in [0.1, 0.15) is 5.75 Å². The number of nitrogens with one attached hydrogen (secondary N) is 1. The van der Waals surface area contributed by atoms with E-state index in [1.807, 2.05) is 36.9 Å². The Morgan fingerprint density at radius 2 is 1.92 bits per heavy atom. The number of amides is 2. The van der Waals surface area contributed by atoms with Crippen LogP contribution in [-0.2, 0) is 4.79 Å². The number of anilines is 2. The van der Waals surface area contributed by atoms with Crippen LogP contribution < -0.4 is 15.0 Å². The van der Waals surface area contributed by atoms with Crippen molar-refractivity contribution in [2.45, 2.75) is 33.1 Å². The van der Waals surface area contributed by atoms with Gasteiger partial charge in [0.15, 0.2) is 0 Å². The lowest BCUT2D eigenvalue weighted by Gasteiger charge is -2.28. The summed E-state index contributed by atoms with van der Waals surface area (Å²) in [6, 6.07) is 12.7. The van der Waals surface area contributed by atoms with Crippen LogP contribution in [0.5, 0.6) is 5.75 Å². The fraction of sp³-hybridized carbons (Fsp3) is 0.333. The number of carbonyl (C=O) groups is 2. The number of piperidine rings is 1. The highest BCUT2D eigenvalue weighted by molar-refractivity contribution is 6.04. The predicted molar refractivity (Wildman–Crippen MR) is 103 cm³/mol. The second-order valence-electron chi connectivity index (χ2n) is 6.42. The third-order valence-corrected chi connectivity index (χ3v) is 4.50. The third-order valence-electron chi connectivity index (χ3n) is 4.50. The number of aryl methyl sites for hydroxylation is 1. The van der Waals surface area contributed by atoms with E-state index in [4.69, 9.17) is 4.74 Å². The molecule has 0 unspecified atom stereocenters. The number of ether oxygens (including phenoxy) is 1. The fourth-order valence-corrected chi connectivity index (χ4v) is 3.17.